The molecule has 0 aliphatic carbocycles. The van der Waals surface area contributed by atoms with Crippen LogP contribution in [0.25, 0.3) is 0 Å². The van der Waals surface area contributed by atoms with Crippen molar-refractivity contribution in [2.75, 3.05) is 13.1 Å². The number of alkyl halides is 3. The molecule has 1 saturated heterocycles. The van der Waals surface area contributed by atoms with E-state index < -0.39 is 18.6 Å². The Bertz CT molecular complexity index is 335. The highest BCUT2D eigenvalue weighted by atomic mass is 19.4. The van der Waals surface area contributed by atoms with Gasteiger partial charge in [-0.25, -0.2) is 0 Å². The van der Waals surface area contributed by atoms with Gasteiger partial charge in [-0.3, -0.25) is 4.79 Å². The maximum absolute atomic E-state index is 12.5. The molecule has 0 aromatic carbocycles. The topological polar surface area (TPSA) is 44.1 Å². The molecule has 0 spiro atoms. The Balaban J connectivity index is 2.65. The molecule has 2 unspecified atom stereocenters. The molecular formula is C12H17F3N2O. The Morgan fingerprint density at radius 1 is 1.50 bits per heavy atom. The highest BCUT2D eigenvalue weighted by Gasteiger charge is 2.41. The molecule has 1 fully saturated rings. The summed E-state index contributed by atoms with van der Waals surface area (Å²) in [4.78, 5) is 12.9. The number of amides is 1. The van der Waals surface area contributed by atoms with E-state index in [2.05, 4.69) is 0 Å². The van der Waals surface area contributed by atoms with Gasteiger partial charge >= 0.3 is 6.18 Å². The van der Waals surface area contributed by atoms with Crippen LogP contribution >= 0.6 is 0 Å². The third-order valence-electron chi connectivity index (χ3n) is 3.46. The zero-order valence-corrected chi connectivity index (χ0v) is 10.3. The molecule has 102 valence electrons. The minimum Gasteiger partial charge on any atom is -0.341 e. The highest BCUT2D eigenvalue weighted by Crippen LogP contribution is 2.28. The van der Waals surface area contributed by atoms with Crippen molar-refractivity contribution in [3.63, 3.8) is 0 Å². The summed E-state index contributed by atoms with van der Waals surface area (Å²) in [5, 5.41) is 8.54. The molecule has 0 aromatic rings. The molecule has 0 N–H and O–H groups in total. The lowest BCUT2D eigenvalue weighted by Gasteiger charge is -2.24. The smallest absolute Gasteiger partial charge is 0.341 e. The van der Waals surface area contributed by atoms with Crippen LogP contribution in [0.3, 0.4) is 0 Å². The minimum absolute atomic E-state index is 0.268. The summed E-state index contributed by atoms with van der Waals surface area (Å²) in [6.07, 6.45) is -1.89. The number of halogens is 3. The van der Waals surface area contributed by atoms with Gasteiger partial charge < -0.3 is 4.90 Å². The molecule has 18 heavy (non-hydrogen) atoms. The lowest BCUT2D eigenvalue weighted by Crippen LogP contribution is -2.39. The predicted molar refractivity (Wildman–Crippen MR) is 59.4 cm³/mol. The molecule has 0 saturated carbocycles. The van der Waals surface area contributed by atoms with Gasteiger partial charge in [-0.05, 0) is 18.8 Å². The first-order valence-electron chi connectivity index (χ1n) is 6.12. The molecule has 0 aromatic heterocycles. The van der Waals surface area contributed by atoms with Crippen LogP contribution in [0.5, 0.6) is 0 Å². The van der Waals surface area contributed by atoms with Gasteiger partial charge in [0.15, 0.2) is 5.92 Å². The number of nitriles is 1. The second-order valence-corrected chi connectivity index (χ2v) is 4.66. The number of carbonyl (C=O) groups is 1. The van der Waals surface area contributed by atoms with Crippen LogP contribution in [0.4, 0.5) is 13.2 Å². The van der Waals surface area contributed by atoms with E-state index in [0.29, 0.717) is 12.5 Å². The first-order chi connectivity index (χ1) is 8.38. The summed E-state index contributed by atoms with van der Waals surface area (Å²) in [5.41, 5.74) is 0. The number of rotatable bonds is 3. The van der Waals surface area contributed by atoms with Crippen LogP contribution in [0.15, 0.2) is 0 Å². The molecule has 1 amide bonds. The molecule has 0 bridgehead atoms. The van der Waals surface area contributed by atoms with Gasteiger partial charge in [-0.15, -0.1) is 0 Å². The van der Waals surface area contributed by atoms with Gasteiger partial charge in [0.2, 0.25) is 5.91 Å². The van der Waals surface area contributed by atoms with E-state index in [4.69, 9.17) is 5.26 Å². The van der Waals surface area contributed by atoms with E-state index in [1.165, 1.54) is 11.0 Å². The van der Waals surface area contributed by atoms with E-state index in [0.717, 1.165) is 19.3 Å². The van der Waals surface area contributed by atoms with Crippen LogP contribution < -0.4 is 0 Å². The fourth-order valence-corrected chi connectivity index (χ4v) is 2.13. The molecular weight excluding hydrogens is 245 g/mol. The summed E-state index contributed by atoms with van der Waals surface area (Å²) in [5.74, 6) is -1.96. The van der Waals surface area contributed by atoms with Crippen molar-refractivity contribution in [3.8, 4) is 6.07 Å². The van der Waals surface area contributed by atoms with Crippen molar-refractivity contribution < 1.29 is 18.0 Å². The van der Waals surface area contributed by atoms with Gasteiger partial charge in [0.25, 0.3) is 0 Å². The van der Waals surface area contributed by atoms with Crippen molar-refractivity contribution in [1.29, 1.82) is 5.26 Å². The van der Waals surface area contributed by atoms with E-state index in [1.54, 1.807) is 0 Å². The molecule has 2 atom stereocenters. The first kappa shape index (κ1) is 14.8. The van der Waals surface area contributed by atoms with Crippen molar-refractivity contribution in [1.82, 2.24) is 4.90 Å². The zero-order valence-electron chi connectivity index (χ0n) is 10.3. The van der Waals surface area contributed by atoms with Crippen LogP contribution in [-0.2, 0) is 4.79 Å². The van der Waals surface area contributed by atoms with Crippen molar-refractivity contribution >= 4 is 5.91 Å². The molecule has 1 heterocycles. The normalized spacial score (nSPS) is 23.4. The number of hydrogen-bond acceptors (Lipinski definition) is 2. The number of carbonyl (C=O) groups excluding carboxylic acids is 1. The third kappa shape index (κ3) is 3.90. The number of nitrogens with zero attached hydrogens (tertiary/aromatic N) is 2. The number of likely N-dealkylation sites (tertiary alicyclic amines) is 1. The predicted octanol–water partition coefficient (Wildman–Crippen LogP) is 2.73. The Hall–Kier alpha value is -1.25. The van der Waals surface area contributed by atoms with Crippen molar-refractivity contribution in [3.05, 3.63) is 0 Å². The van der Waals surface area contributed by atoms with Gasteiger partial charge in [0.1, 0.15) is 0 Å². The average molecular weight is 262 g/mol. The van der Waals surface area contributed by atoms with Crippen LogP contribution in [-0.4, -0.2) is 30.1 Å². The van der Waals surface area contributed by atoms with E-state index >= 15 is 0 Å². The molecule has 1 rings (SSSR count). The Labute approximate surface area is 105 Å². The second-order valence-electron chi connectivity index (χ2n) is 4.66. The Kier molecular flexibility index (Phi) is 5.00. The molecule has 1 aliphatic heterocycles. The van der Waals surface area contributed by atoms with Crippen LogP contribution in [0.2, 0.25) is 0 Å². The summed E-state index contributed by atoms with van der Waals surface area (Å²) >= 11 is 0. The quantitative estimate of drug-likeness (QED) is 0.785. The van der Waals surface area contributed by atoms with Gasteiger partial charge in [-0.1, -0.05) is 13.3 Å². The Morgan fingerprint density at radius 2 is 2.17 bits per heavy atom. The molecule has 3 nitrogen and oxygen atoms in total. The number of hydrogen-bond donors (Lipinski definition) is 0. The van der Waals surface area contributed by atoms with Gasteiger partial charge in [-0.2, -0.15) is 18.4 Å². The summed E-state index contributed by atoms with van der Waals surface area (Å²) < 4.78 is 37.5. The van der Waals surface area contributed by atoms with Crippen molar-refractivity contribution in [2.24, 2.45) is 11.8 Å². The standard InChI is InChI=1S/C12H17F3N2O/c1-2-9-3-4-11(18)17(6-5-9)8-10(7-16)12(13,14)15/h9-10H,2-6,8H2,1H3. The second kappa shape index (κ2) is 6.07. The maximum Gasteiger partial charge on any atom is 0.406 e. The zero-order chi connectivity index (χ0) is 13.8. The largest absolute Gasteiger partial charge is 0.406 e. The van der Waals surface area contributed by atoms with Gasteiger partial charge in [0, 0.05) is 19.5 Å². The molecule has 0 radical (unpaired) electrons. The Morgan fingerprint density at radius 3 is 2.67 bits per heavy atom. The lowest BCUT2D eigenvalue weighted by molar-refractivity contribution is -0.165. The maximum atomic E-state index is 12.5. The third-order valence-corrected chi connectivity index (χ3v) is 3.46. The van der Waals surface area contributed by atoms with E-state index in [1.807, 2.05) is 6.92 Å². The lowest BCUT2D eigenvalue weighted by atomic mass is 9.98. The summed E-state index contributed by atoms with van der Waals surface area (Å²) in [6, 6.07) is 1.24. The first-order valence-corrected chi connectivity index (χ1v) is 6.12. The van der Waals surface area contributed by atoms with E-state index in [9.17, 15) is 18.0 Å². The highest BCUT2D eigenvalue weighted by molar-refractivity contribution is 5.76. The monoisotopic (exact) mass is 262 g/mol. The average Bonchev–Trinajstić information content (AvgIpc) is 2.47. The summed E-state index contributed by atoms with van der Waals surface area (Å²) in [7, 11) is 0. The SMILES string of the molecule is CCC1CCC(=O)N(CC(C#N)C(F)(F)F)CC1. The van der Waals surface area contributed by atoms with E-state index in [-0.39, 0.29) is 12.3 Å². The molecule has 6 heteroatoms. The van der Waals surface area contributed by atoms with Crippen molar-refractivity contribution in [2.45, 2.75) is 38.8 Å². The minimum atomic E-state index is -4.56. The van der Waals surface area contributed by atoms with Crippen LogP contribution in [0, 0.1) is 23.2 Å². The molecule has 1 aliphatic rings. The fraction of sp³-hybridized carbons (Fsp3) is 0.833. The van der Waals surface area contributed by atoms with Crippen LogP contribution in [0.1, 0.15) is 32.6 Å². The van der Waals surface area contributed by atoms with Gasteiger partial charge in [0.05, 0.1) is 6.07 Å². The fourth-order valence-electron chi connectivity index (χ4n) is 2.13. The summed E-state index contributed by atoms with van der Waals surface area (Å²) in [6.45, 7) is 1.81.